The number of halogens is 1. The van der Waals surface area contributed by atoms with Gasteiger partial charge in [0.15, 0.2) is 0 Å². The van der Waals surface area contributed by atoms with Gasteiger partial charge in [0.25, 0.3) is 0 Å². The van der Waals surface area contributed by atoms with E-state index < -0.39 is 29.1 Å². The highest BCUT2D eigenvalue weighted by molar-refractivity contribution is 6.17. The number of pyridine rings is 1. The van der Waals surface area contributed by atoms with E-state index in [4.69, 9.17) is 14.5 Å². The molecule has 1 aliphatic carbocycles. The number of fused-ring (bicyclic) bond motifs is 3. The smallest absolute Gasteiger partial charge is 0.328 e. The Balaban J connectivity index is 0.679. The molecule has 6 amide bonds. The minimum Gasteiger partial charge on any atom is -0.495 e. The van der Waals surface area contributed by atoms with Gasteiger partial charge < -0.3 is 30.3 Å². The molecule has 16 nitrogen and oxygen atoms in total. The predicted octanol–water partition coefficient (Wildman–Crippen LogP) is 6.98. The second kappa shape index (κ2) is 18.9. The first kappa shape index (κ1) is 44.7. The standard InChI is InChI=1S/C51H54FN9O7/c1-67-45-27-41-42(53-21-14-44(41)68-40-12-8-36(9-13-40)56-49(65)51(19-20-51)48(64)55-35-4-2-33(52)3-5-35)28-43(45)58-22-15-32(16-23-58)29-60-31-38-26-39(60)30-59(38)24-17-46(62)54-34-6-10-37(11-7-34)61-25-18-47(63)57-50(61)66/h2-14,21,27-28,32,38-39H,15-20,22-26,29-31H2,1H3,(H,54,62)(H,55,64)(H,56,65)(H,57,63,66)/t38-,39-/m0/s1. The van der Waals surface area contributed by atoms with Crippen molar-refractivity contribution in [2.75, 3.05) is 78.7 Å². The number of hydrogen-bond acceptors (Lipinski definition) is 11. The molecule has 17 heteroatoms. The summed E-state index contributed by atoms with van der Waals surface area (Å²) in [5.74, 6) is 0.983. The number of imide groups is 1. The Hall–Kier alpha value is -7.11. The number of methoxy groups -OCH3 is 1. The summed E-state index contributed by atoms with van der Waals surface area (Å²) in [4.78, 5) is 76.5. The van der Waals surface area contributed by atoms with E-state index in [9.17, 15) is 28.4 Å². The van der Waals surface area contributed by atoms with Gasteiger partial charge in [-0.05, 0) is 129 Å². The number of likely N-dealkylation sites (tertiary alicyclic amines) is 2. The lowest BCUT2D eigenvalue weighted by atomic mass is 9.95. The number of anilines is 5. The number of piperidine rings is 1. The average Bonchev–Trinajstić information content (AvgIpc) is 3.95. The highest BCUT2D eigenvalue weighted by Crippen LogP contribution is 2.48. The van der Waals surface area contributed by atoms with Crippen LogP contribution in [0.4, 0.5) is 37.6 Å². The number of piperazine rings is 1. The maximum absolute atomic E-state index is 13.3. The number of urea groups is 1. The highest BCUT2D eigenvalue weighted by atomic mass is 19.1. The van der Waals surface area contributed by atoms with Crippen LogP contribution in [0.5, 0.6) is 17.2 Å². The number of ether oxygens (including phenoxy) is 2. The fourth-order valence-electron chi connectivity index (χ4n) is 10.1. The lowest BCUT2D eigenvalue weighted by Gasteiger charge is -2.39. The first-order chi connectivity index (χ1) is 33.0. The van der Waals surface area contributed by atoms with Gasteiger partial charge in [-0.1, -0.05) is 0 Å². The molecule has 0 radical (unpaired) electrons. The van der Waals surface area contributed by atoms with Crippen molar-refractivity contribution in [2.45, 2.75) is 57.0 Å². The van der Waals surface area contributed by atoms with Crippen LogP contribution in [-0.4, -0.2) is 109 Å². The van der Waals surface area contributed by atoms with Gasteiger partial charge in [0.1, 0.15) is 28.5 Å². The largest absolute Gasteiger partial charge is 0.495 e. The fourth-order valence-corrected chi connectivity index (χ4v) is 10.1. The second-order valence-corrected chi connectivity index (χ2v) is 18.5. The molecule has 2 atom stereocenters. The first-order valence-corrected chi connectivity index (χ1v) is 23.4. The minimum atomic E-state index is -1.17. The van der Waals surface area contributed by atoms with Crippen LogP contribution in [0.1, 0.15) is 44.9 Å². The van der Waals surface area contributed by atoms with Gasteiger partial charge >= 0.3 is 6.03 Å². The fraction of sp³-hybridized carbons (Fsp3) is 0.373. The van der Waals surface area contributed by atoms with E-state index in [1.54, 1.807) is 61.8 Å². The van der Waals surface area contributed by atoms with Crippen molar-refractivity contribution < 1.29 is 37.8 Å². The Labute approximate surface area is 393 Å². The van der Waals surface area contributed by atoms with E-state index >= 15 is 0 Å². The van der Waals surface area contributed by atoms with Crippen LogP contribution in [0, 0.1) is 17.2 Å². The van der Waals surface area contributed by atoms with Crippen molar-refractivity contribution in [3.8, 4) is 17.2 Å². The van der Waals surface area contributed by atoms with Crippen molar-refractivity contribution in [1.29, 1.82) is 0 Å². The van der Waals surface area contributed by atoms with Crippen LogP contribution in [0.15, 0.2) is 97.2 Å². The number of carbonyl (C=O) groups excluding carboxylic acids is 5. The normalized spacial score (nSPS) is 20.3. The van der Waals surface area contributed by atoms with Gasteiger partial charge in [-0.2, -0.15) is 0 Å². The summed E-state index contributed by atoms with van der Waals surface area (Å²) in [6.07, 6.45) is 6.53. The number of aromatic nitrogens is 1. The maximum Gasteiger partial charge on any atom is 0.328 e. The van der Waals surface area contributed by atoms with Crippen molar-refractivity contribution in [3.63, 3.8) is 0 Å². The third-order valence-electron chi connectivity index (χ3n) is 14.1. The molecule has 352 valence electrons. The molecular weight excluding hydrogens is 870 g/mol. The Morgan fingerprint density at radius 1 is 0.794 bits per heavy atom. The van der Waals surface area contributed by atoms with Gasteiger partial charge in [0, 0.05) is 105 Å². The number of nitrogens with zero attached hydrogens (tertiary/aromatic N) is 5. The van der Waals surface area contributed by atoms with Gasteiger partial charge in [-0.25, -0.2) is 9.18 Å². The van der Waals surface area contributed by atoms with Crippen LogP contribution in [-0.2, 0) is 19.2 Å². The lowest BCUT2D eigenvalue weighted by Crippen LogP contribution is -2.49. The minimum absolute atomic E-state index is 0.0381. The maximum atomic E-state index is 13.3. The monoisotopic (exact) mass is 923 g/mol. The van der Waals surface area contributed by atoms with E-state index in [2.05, 4.69) is 42.0 Å². The highest BCUT2D eigenvalue weighted by Gasteiger charge is 2.56. The summed E-state index contributed by atoms with van der Waals surface area (Å²) in [7, 11) is 1.68. The summed E-state index contributed by atoms with van der Waals surface area (Å²) in [5.41, 5.74) is 2.93. The number of amides is 6. The summed E-state index contributed by atoms with van der Waals surface area (Å²) < 4.78 is 25.6. The summed E-state index contributed by atoms with van der Waals surface area (Å²) >= 11 is 0. The van der Waals surface area contributed by atoms with E-state index in [1.807, 2.05) is 12.1 Å². The molecule has 5 fully saturated rings. The number of hydrogen-bond donors (Lipinski definition) is 4. The molecule has 0 spiro atoms. The zero-order valence-electron chi connectivity index (χ0n) is 37.8. The van der Waals surface area contributed by atoms with Crippen LogP contribution in [0.3, 0.4) is 0 Å². The molecule has 68 heavy (non-hydrogen) atoms. The topological polar surface area (TPSA) is 178 Å². The van der Waals surface area contributed by atoms with Crippen molar-refractivity contribution in [1.82, 2.24) is 20.1 Å². The van der Waals surface area contributed by atoms with Crippen molar-refractivity contribution in [3.05, 3.63) is 103 Å². The van der Waals surface area contributed by atoms with E-state index in [1.165, 1.54) is 29.2 Å². The quantitative estimate of drug-likeness (QED) is 0.0797. The summed E-state index contributed by atoms with van der Waals surface area (Å²) in [5, 5.41) is 11.7. The van der Waals surface area contributed by atoms with E-state index in [0.717, 1.165) is 80.9 Å². The number of rotatable bonds is 15. The Bertz CT molecular complexity index is 2730. The number of carbonyl (C=O) groups is 5. The van der Waals surface area contributed by atoms with Crippen molar-refractivity contribution >= 4 is 69.0 Å². The summed E-state index contributed by atoms with van der Waals surface area (Å²) in [6, 6.07) is 26.0. The first-order valence-electron chi connectivity index (χ1n) is 23.4. The van der Waals surface area contributed by atoms with Crippen molar-refractivity contribution in [2.24, 2.45) is 11.3 Å². The molecule has 4 N–H and O–H groups in total. The van der Waals surface area contributed by atoms with Gasteiger partial charge in [0.2, 0.25) is 23.6 Å². The van der Waals surface area contributed by atoms with Gasteiger partial charge in [0.05, 0.1) is 18.3 Å². The van der Waals surface area contributed by atoms with Gasteiger partial charge in [-0.15, -0.1) is 0 Å². The van der Waals surface area contributed by atoms with Crippen LogP contribution >= 0.6 is 0 Å². The Morgan fingerprint density at radius 3 is 2.09 bits per heavy atom. The molecule has 5 aromatic rings. The van der Waals surface area contributed by atoms with Crippen LogP contribution in [0.25, 0.3) is 10.9 Å². The Kier molecular flexibility index (Phi) is 12.4. The van der Waals surface area contributed by atoms with Crippen LogP contribution in [0.2, 0.25) is 0 Å². The molecule has 4 aliphatic heterocycles. The summed E-state index contributed by atoms with van der Waals surface area (Å²) in [6.45, 7) is 5.95. The molecule has 10 rings (SSSR count). The molecular formula is C51H54FN9O7. The van der Waals surface area contributed by atoms with Gasteiger partial charge in [-0.3, -0.25) is 44.2 Å². The van der Waals surface area contributed by atoms with E-state index in [0.29, 0.717) is 78.1 Å². The number of benzene rings is 4. The average molecular weight is 924 g/mol. The molecule has 1 aromatic heterocycles. The zero-order valence-corrected chi connectivity index (χ0v) is 37.8. The number of nitrogens with one attached hydrogen (secondary N) is 4. The SMILES string of the molecule is COc1cc2c(Oc3ccc(NC(=O)C4(C(=O)Nc5ccc(F)cc5)CC4)cc3)ccnc2cc1N1CCC(CN2C[C@@H]3C[C@H]2CN3CCC(=O)Nc2ccc(N3CCC(=O)NC3=O)cc2)CC1. The molecule has 1 saturated carbocycles. The van der Waals surface area contributed by atoms with Crippen LogP contribution < -0.4 is 40.5 Å². The molecule has 4 saturated heterocycles. The lowest BCUT2D eigenvalue weighted by molar-refractivity contribution is -0.131. The second-order valence-electron chi connectivity index (χ2n) is 18.5. The van der Waals surface area contributed by atoms with E-state index in [-0.39, 0.29) is 18.2 Å². The third-order valence-corrected chi connectivity index (χ3v) is 14.1. The predicted molar refractivity (Wildman–Crippen MR) is 256 cm³/mol. The molecule has 4 aromatic carbocycles. The molecule has 0 unspecified atom stereocenters. The molecule has 5 aliphatic rings. The molecule has 5 heterocycles. The zero-order chi connectivity index (χ0) is 46.9. The molecule has 2 bridgehead atoms. The third kappa shape index (κ3) is 9.53. The Morgan fingerprint density at radius 2 is 1.44 bits per heavy atom.